The van der Waals surface area contributed by atoms with Crippen molar-refractivity contribution >= 4 is 22.8 Å². The third-order valence-electron chi connectivity index (χ3n) is 4.88. The van der Waals surface area contributed by atoms with Gasteiger partial charge in [0.1, 0.15) is 11.6 Å². The molecule has 0 aliphatic heterocycles. The van der Waals surface area contributed by atoms with Crippen LogP contribution in [-0.2, 0) is 6.54 Å². The fourth-order valence-corrected chi connectivity index (χ4v) is 3.52. The van der Waals surface area contributed by atoms with Gasteiger partial charge in [0.2, 0.25) is 5.88 Å². The Labute approximate surface area is 180 Å². The van der Waals surface area contributed by atoms with E-state index < -0.39 is 16.9 Å². The van der Waals surface area contributed by atoms with Gasteiger partial charge in [-0.05, 0) is 42.5 Å². The quantitative estimate of drug-likeness (QED) is 0.444. The Morgan fingerprint density at radius 1 is 0.968 bits per heavy atom. The van der Waals surface area contributed by atoms with Crippen molar-refractivity contribution in [3.63, 3.8) is 0 Å². The van der Waals surface area contributed by atoms with Crippen molar-refractivity contribution in [2.75, 3.05) is 14.2 Å². The van der Waals surface area contributed by atoms with E-state index in [4.69, 9.17) is 21.1 Å². The summed E-state index contributed by atoms with van der Waals surface area (Å²) in [5, 5.41) is 0.154. The molecular weight excluding hydrogens is 425 g/mol. The van der Waals surface area contributed by atoms with Crippen molar-refractivity contribution in [3.8, 4) is 17.3 Å². The van der Waals surface area contributed by atoms with Crippen LogP contribution in [0, 0.1) is 5.82 Å². The molecule has 0 fully saturated rings. The Morgan fingerprint density at radius 2 is 1.71 bits per heavy atom. The molecule has 0 spiro atoms. The summed E-state index contributed by atoms with van der Waals surface area (Å²) in [6.45, 7) is -0.229. The third-order valence-corrected chi connectivity index (χ3v) is 5.23. The summed E-state index contributed by atoms with van der Waals surface area (Å²) >= 11 is 6.14. The van der Waals surface area contributed by atoms with Crippen LogP contribution in [0.5, 0.6) is 11.6 Å². The molecule has 0 bridgehead atoms. The molecule has 0 aliphatic carbocycles. The van der Waals surface area contributed by atoms with E-state index in [2.05, 4.69) is 4.98 Å². The maximum absolute atomic E-state index is 14.4. The van der Waals surface area contributed by atoms with E-state index in [1.165, 1.54) is 37.0 Å². The van der Waals surface area contributed by atoms with Gasteiger partial charge >= 0.3 is 11.1 Å². The number of pyridine rings is 1. The highest BCUT2D eigenvalue weighted by Gasteiger charge is 2.19. The first-order chi connectivity index (χ1) is 14.9. The average molecular weight is 442 g/mol. The fourth-order valence-electron chi connectivity index (χ4n) is 3.30. The zero-order valence-electron chi connectivity index (χ0n) is 16.6. The number of ether oxygens (including phenoxy) is 2. The van der Waals surface area contributed by atoms with E-state index in [0.29, 0.717) is 17.0 Å². The first kappa shape index (κ1) is 20.6. The summed E-state index contributed by atoms with van der Waals surface area (Å²) in [5.74, 6) is 0.269. The Balaban J connectivity index is 2.03. The number of aromatic nitrogens is 3. The summed E-state index contributed by atoms with van der Waals surface area (Å²) < 4.78 is 27.1. The standard InChI is InChI=1S/C22H17ClFN3O4/c1-30-14-8-6-13(7-9-14)27-20-18(10-11-19(25-20)31-2)26(21(28)22(27)29)12-15-16(23)4-3-5-17(15)24/h3-11H,12H2,1-2H3. The average Bonchev–Trinajstić information content (AvgIpc) is 2.78. The maximum atomic E-state index is 14.4. The van der Waals surface area contributed by atoms with Gasteiger partial charge in [0.05, 0.1) is 32.0 Å². The number of hydrogen-bond acceptors (Lipinski definition) is 5. The van der Waals surface area contributed by atoms with E-state index >= 15 is 0 Å². The van der Waals surface area contributed by atoms with Crippen molar-refractivity contribution in [3.05, 3.63) is 91.7 Å². The van der Waals surface area contributed by atoms with Gasteiger partial charge < -0.3 is 9.47 Å². The summed E-state index contributed by atoms with van der Waals surface area (Å²) in [6, 6.07) is 14.0. The van der Waals surface area contributed by atoms with Crippen LogP contribution in [0.4, 0.5) is 4.39 Å². The number of fused-ring (bicyclic) bond motifs is 1. The first-order valence-electron chi connectivity index (χ1n) is 9.22. The molecule has 9 heteroatoms. The van der Waals surface area contributed by atoms with Crippen molar-refractivity contribution in [2.45, 2.75) is 6.54 Å². The molecule has 31 heavy (non-hydrogen) atoms. The van der Waals surface area contributed by atoms with Crippen molar-refractivity contribution in [2.24, 2.45) is 0 Å². The largest absolute Gasteiger partial charge is 0.497 e. The minimum absolute atomic E-state index is 0.102. The van der Waals surface area contributed by atoms with Gasteiger partial charge in [-0.3, -0.25) is 18.7 Å². The van der Waals surface area contributed by atoms with E-state index in [1.807, 2.05) is 0 Å². The lowest BCUT2D eigenvalue weighted by Crippen LogP contribution is -2.41. The lowest BCUT2D eigenvalue weighted by molar-refractivity contribution is 0.399. The minimum atomic E-state index is -0.842. The van der Waals surface area contributed by atoms with Crippen LogP contribution in [0.1, 0.15) is 5.56 Å². The second-order valence-corrected chi connectivity index (χ2v) is 7.03. The molecule has 4 rings (SSSR count). The van der Waals surface area contributed by atoms with Gasteiger partial charge in [0.25, 0.3) is 0 Å². The number of rotatable bonds is 5. The van der Waals surface area contributed by atoms with Crippen LogP contribution in [0.15, 0.2) is 64.2 Å². The molecule has 158 valence electrons. The topological polar surface area (TPSA) is 75.3 Å². The van der Waals surface area contributed by atoms with E-state index in [9.17, 15) is 14.0 Å². The van der Waals surface area contributed by atoms with E-state index in [0.717, 1.165) is 4.57 Å². The summed E-state index contributed by atoms with van der Waals surface area (Å²) in [6.07, 6.45) is 0. The summed E-state index contributed by atoms with van der Waals surface area (Å²) in [4.78, 5) is 30.6. The molecule has 0 amide bonds. The summed E-state index contributed by atoms with van der Waals surface area (Å²) in [7, 11) is 2.97. The zero-order valence-corrected chi connectivity index (χ0v) is 17.4. The second-order valence-electron chi connectivity index (χ2n) is 6.63. The van der Waals surface area contributed by atoms with Crippen LogP contribution in [0.25, 0.3) is 16.9 Å². The predicted molar refractivity (Wildman–Crippen MR) is 115 cm³/mol. The molecule has 0 aliphatic rings. The molecule has 4 aromatic rings. The Hall–Kier alpha value is -3.65. The molecular formula is C22H17ClFN3O4. The molecule has 2 aromatic heterocycles. The van der Waals surface area contributed by atoms with Crippen LogP contribution in [-0.4, -0.2) is 28.3 Å². The van der Waals surface area contributed by atoms with Crippen LogP contribution in [0.3, 0.4) is 0 Å². The molecule has 0 N–H and O–H groups in total. The fraction of sp³-hybridized carbons (Fsp3) is 0.136. The van der Waals surface area contributed by atoms with Crippen LogP contribution in [0.2, 0.25) is 5.02 Å². The Bertz CT molecular complexity index is 1380. The number of halogens is 2. The van der Waals surface area contributed by atoms with Crippen LogP contribution < -0.4 is 20.6 Å². The number of methoxy groups -OCH3 is 2. The van der Waals surface area contributed by atoms with Gasteiger partial charge in [-0.25, -0.2) is 4.39 Å². The highest BCUT2D eigenvalue weighted by Crippen LogP contribution is 2.23. The highest BCUT2D eigenvalue weighted by molar-refractivity contribution is 6.31. The summed E-state index contributed by atoms with van der Waals surface area (Å²) in [5.41, 5.74) is -0.655. The monoisotopic (exact) mass is 441 g/mol. The van der Waals surface area contributed by atoms with Crippen molar-refractivity contribution in [1.82, 2.24) is 14.1 Å². The Morgan fingerprint density at radius 3 is 2.35 bits per heavy atom. The molecule has 2 heterocycles. The van der Waals surface area contributed by atoms with Gasteiger partial charge in [0.15, 0.2) is 5.65 Å². The normalized spacial score (nSPS) is 11.0. The predicted octanol–water partition coefficient (Wildman–Crippen LogP) is 3.41. The van der Waals surface area contributed by atoms with Crippen molar-refractivity contribution < 1.29 is 13.9 Å². The molecule has 0 saturated carbocycles. The highest BCUT2D eigenvalue weighted by atomic mass is 35.5. The SMILES string of the molecule is COc1ccc(-n2c(=O)c(=O)n(Cc3c(F)cccc3Cl)c3ccc(OC)nc32)cc1. The van der Waals surface area contributed by atoms with Gasteiger partial charge in [-0.1, -0.05) is 17.7 Å². The van der Waals surface area contributed by atoms with Gasteiger partial charge in [-0.2, -0.15) is 4.98 Å². The number of hydrogen-bond donors (Lipinski definition) is 0. The molecule has 0 unspecified atom stereocenters. The maximum Gasteiger partial charge on any atom is 0.322 e. The van der Waals surface area contributed by atoms with Gasteiger partial charge in [-0.15, -0.1) is 0 Å². The second kappa shape index (κ2) is 8.23. The molecule has 0 radical (unpaired) electrons. The van der Waals surface area contributed by atoms with Gasteiger partial charge in [0, 0.05) is 16.7 Å². The number of benzene rings is 2. The number of nitrogens with zero attached hydrogens (tertiary/aromatic N) is 3. The van der Waals surface area contributed by atoms with Crippen LogP contribution >= 0.6 is 11.6 Å². The lowest BCUT2D eigenvalue weighted by atomic mass is 10.2. The van der Waals surface area contributed by atoms with E-state index in [-0.39, 0.29) is 28.7 Å². The first-order valence-corrected chi connectivity index (χ1v) is 9.60. The molecule has 0 atom stereocenters. The third kappa shape index (κ3) is 3.66. The lowest BCUT2D eigenvalue weighted by Gasteiger charge is -2.16. The van der Waals surface area contributed by atoms with E-state index in [1.54, 1.807) is 36.4 Å². The minimum Gasteiger partial charge on any atom is -0.497 e. The smallest absolute Gasteiger partial charge is 0.322 e. The molecule has 0 saturated heterocycles. The molecule has 7 nitrogen and oxygen atoms in total. The zero-order chi connectivity index (χ0) is 22.1. The Kier molecular flexibility index (Phi) is 5.48. The van der Waals surface area contributed by atoms with Crippen molar-refractivity contribution in [1.29, 1.82) is 0 Å². The molecule has 2 aromatic carbocycles.